The van der Waals surface area contributed by atoms with Crippen LogP contribution in [0.4, 0.5) is 16.6 Å². The van der Waals surface area contributed by atoms with E-state index in [0.717, 1.165) is 5.56 Å². The summed E-state index contributed by atoms with van der Waals surface area (Å²) >= 11 is 0. The normalized spacial score (nSPS) is 15.9. The van der Waals surface area contributed by atoms with Gasteiger partial charge < -0.3 is 40.7 Å². The zero-order chi connectivity index (χ0) is 35.5. The van der Waals surface area contributed by atoms with E-state index in [1.807, 2.05) is 37.5 Å². The monoisotopic (exact) mass is 668 g/mol. The number of nitrogens with zero attached hydrogens (tertiary/aromatic N) is 3. The molecular weight excluding hydrogens is 628 g/mol. The molecule has 0 bridgehead atoms. The Hall–Kier alpha value is -5.77. The van der Waals surface area contributed by atoms with Crippen molar-refractivity contribution in [2.75, 3.05) is 25.7 Å². The molecular formula is C36H40N6O7. The Morgan fingerprint density at radius 3 is 2.43 bits per heavy atom. The van der Waals surface area contributed by atoms with Crippen molar-refractivity contribution in [3.8, 4) is 23.3 Å². The third kappa shape index (κ3) is 8.03. The average molecular weight is 669 g/mol. The summed E-state index contributed by atoms with van der Waals surface area (Å²) in [5, 5.41) is 13.1. The lowest BCUT2D eigenvalue weighted by Crippen LogP contribution is -2.41. The van der Waals surface area contributed by atoms with Crippen LogP contribution in [0.1, 0.15) is 85.1 Å². The number of hydrogen-bond donors (Lipinski definition) is 4. The van der Waals surface area contributed by atoms with Crippen molar-refractivity contribution in [3.63, 3.8) is 0 Å². The first-order valence-electron chi connectivity index (χ1n) is 15.8. The van der Waals surface area contributed by atoms with Gasteiger partial charge in [0.1, 0.15) is 17.0 Å². The predicted molar refractivity (Wildman–Crippen MR) is 185 cm³/mol. The number of methoxy groups -OCH3 is 2. The molecule has 1 aliphatic carbocycles. The van der Waals surface area contributed by atoms with Crippen molar-refractivity contribution in [3.05, 3.63) is 80.8 Å². The first kappa shape index (κ1) is 34.6. The Balaban J connectivity index is 1.49. The van der Waals surface area contributed by atoms with Crippen molar-refractivity contribution in [1.82, 2.24) is 19.9 Å². The fraction of sp³-hybridized carbons (Fsp3) is 0.361. The molecule has 1 amide bonds. The number of amides is 1. The number of alkyl carbamates (subject to hydrolysis) is 1. The van der Waals surface area contributed by atoms with E-state index >= 15 is 0 Å². The fourth-order valence-electron chi connectivity index (χ4n) is 6.00. The number of carbonyl (C=O) groups is 2. The minimum Gasteiger partial charge on any atom is -0.493 e. The molecule has 0 atom stereocenters. The predicted octanol–water partition coefficient (Wildman–Crippen LogP) is 4.67. The standard InChI is InChI=1S/C36H40N6O7/c1-36(2,3)49-35(46)40-24-9-11-25(12-10-24)42-19-27(33(44)45)30(43)26-13-7-20(16-28(26)42)6-8-22-14-21(17-29(47-4)31(22)48-5)15-23-18-39-34(38)41-32(23)37/h7,13-14,16-19,24-25H,9-12,15H2,1-5H3,(H,40,46)(H,44,45)(H4,37,38,39,41). The van der Waals surface area contributed by atoms with Crippen LogP contribution in [0.2, 0.25) is 0 Å². The maximum Gasteiger partial charge on any atom is 0.407 e. The minimum absolute atomic E-state index is 0.0798. The number of carbonyl (C=O) groups excluding carboxylic acids is 1. The van der Waals surface area contributed by atoms with Crippen molar-refractivity contribution >= 4 is 34.7 Å². The van der Waals surface area contributed by atoms with E-state index in [2.05, 4.69) is 27.1 Å². The fourth-order valence-corrected chi connectivity index (χ4v) is 6.00. The van der Waals surface area contributed by atoms with Crippen LogP contribution in [0.25, 0.3) is 10.9 Å². The zero-order valence-corrected chi connectivity index (χ0v) is 28.1. The number of pyridine rings is 1. The molecule has 1 aliphatic rings. The van der Waals surface area contributed by atoms with Crippen LogP contribution in [0.15, 0.2) is 47.5 Å². The summed E-state index contributed by atoms with van der Waals surface area (Å²) in [4.78, 5) is 45.7. The molecule has 0 saturated heterocycles. The number of carboxylic acid groups (broad SMARTS) is 1. The minimum atomic E-state index is -1.29. The maximum absolute atomic E-state index is 13.2. The number of aromatic nitrogens is 3. The number of anilines is 2. The second-order valence-electron chi connectivity index (χ2n) is 12.9. The van der Waals surface area contributed by atoms with E-state index in [9.17, 15) is 19.5 Å². The molecule has 2 aromatic carbocycles. The SMILES string of the molecule is COc1cc(Cc2cnc(N)nc2N)cc(C#Cc2ccc3c(=O)c(C(=O)O)cn(C4CCC(NC(=O)OC(C)(C)C)CC4)c3c2)c1OC. The number of nitrogen functional groups attached to an aromatic ring is 2. The summed E-state index contributed by atoms with van der Waals surface area (Å²) in [6, 6.07) is 8.60. The topological polar surface area (TPSA) is 194 Å². The van der Waals surface area contributed by atoms with Crippen molar-refractivity contribution in [1.29, 1.82) is 0 Å². The lowest BCUT2D eigenvalue weighted by Gasteiger charge is -2.32. The van der Waals surface area contributed by atoms with E-state index in [0.29, 0.717) is 65.8 Å². The highest BCUT2D eigenvalue weighted by atomic mass is 16.6. The first-order chi connectivity index (χ1) is 23.3. The van der Waals surface area contributed by atoms with Gasteiger partial charge in [-0.2, -0.15) is 4.98 Å². The number of ether oxygens (including phenoxy) is 3. The van der Waals surface area contributed by atoms with Gasteiger partial charge >= 0.3 is 12.1 Å². The van der Waals surface area contributed by atoms with E-state index in [1.54, 1.807) is 24.4 Å². The lowest BCUT2D eigenvalue weighted by molar-refractivity contribution is 0.0487. The molecule has 6 N–H and O–H groups in total. The van der Waals surface area contributed by atoms with Crippen LogP contribution in [0.3, 0.4) is 0 Å². The third-order valence-corrected chi connectivity index (χ3v) is 8.27. The summed E-state index contributed by atoms with van der Waals surface area (Å²) in [6.45, 7) is 5.43. The highest BCUT2D eigenvalue weighted by molar-refractivity contribution is 5.93. The van der Waals surface area contributed by atoms with Crippen LogP contribution >= 0.6 is 0 Å². The average Bonchev–Trinajstić information content (AvgIpc) is 3.04. The number of nitrogens with two attached hydrogens (primary N) is 2. The second kappa shape index (κ2) is 14.1. The Labute approximate surface area is 283 Å². The van der Waals surface area contributed by atoms with Gasteiger partial charge in [-0.15, -0.1) is 0 Å². The molecule has 2 heterocycles. The molecule has 5 rings (SSSR count). The highest BCUT2D eigenvalue weighted by Crippen LogP contribution is 2.34. The van der Waals surface area contributed by atoms with E-state index in [1.165, 1.54) is 20.4 Å². The molecule has 256 valence electrons. The zero-order valence-electron chi connectivity index (χ0n) is 28.1. The van der Waals surface area contributed by atoms with Gasteiger partial charge in [0, 0.05) is 47.4 Å². The Kier molecular flexibility index (Phi) is 9.98. The Morgan fingerprint density at radius 1 is 1.06 bits per heavy atom. The van der Waals surface area contributed by atoms with E-state index < -0.39 is 23.1 Å². The van der Waals surface area contributed by atoms with E-state index in [4.69, 9.17) is 25.7 Å². The molecule has 2 aromatic heterocycles. The first-order valence-corrected chi connectivity index (χ1v) is 15.8. The number of aromatic carboxylic acids is 1. The van der Waals surface area contributed by atoms with Crippen molar-refractivity contribution < 1.29 is 28.9 Å². The van der Waals surface area contributed by atoms with Gasteiger partial charge in [-0.25, -0.2) is 14.6 Å². The Morgan fingerprint density at radius 2 is 1.80 bits per heavy atom. The van der Waals surface area contributed by atoms with Crippen LogP contribution in [-0.2, 0) is 11.2 Å². The summed E-state index contributed by atoms with van der Waals surface area (Å²) in [5.74, 6) is 6.35. The van der Waals surface area contributed by atoms with Crippen LogP contribution in [0, 0.1) is 11.8 Å². The van der Waals surface area contributed by atoms with E-state index in [-0.39, 0.29) is 34.8 Å². The number of nitrogens with one attached hydrogen (secondary N) is 1. The quantitative estimate of drug-likeness (QED) is 0.200. The number of rotatable bonds is 7. The third-order valence-electron chi connectivity index (χ3n) is 8.27. The summed E-state index contributed by atoms with van der Waals surface area (Å²) < 4.78 is 18.5. The molecule has 13 nitrogen and oxygen atoms in total. The number of carboxylic acids is 1. The van der Waals surface area contributed by atoms with Crippen LogP contribution in [0.5, 0.6) is 11.5 Å². The lowest BCUT2D eigenvalue weighted by atomic mass is 9.90. The number of hydrogen-bond acceptors (Lipinski definition) is 10. The highest BCUT2D eigenvalue weighted by Gasteiger charge is 2.27. The van der Waals surface area contributed by atoms with Gasteiger partial charge in [-0.05, 0) is 82.3 Å². The van der Waals surface area contributed by atoms with Crippen molar-refractivity contribution in [2.24, 2.45) is 0 Å². The molecule has 49 heavy (non-hydrogen) atoms. The van der Waals surface area contributed by atoms with Gasteiger partial charge in [0.2, 0.25) is 11.4 Å². The van der Waals surface area contributed by atoms with Gasteiger partial charge in [0.05, 0.1) is 25.3 Å². The number of benzene rings is 2. The summed E-state index contributed by atoms with van der Waals surface area (Å²) in [5.41, 5.74) is 13.5. The van der Waals surface area contributed by atoms with Gasteiger partial charge in [-0.3, -0.25) is 4.79 Å². The smallest absolute Gasteiger partial charge is 0.407 e. The molecule has 1 saturated carbocycles. The van der Waals surface area contributed by atoms with Crippen LogP contribution in [-0.4, -0.2) is 57.6 Å². The van der Waals surface area contributed by atoms with Gasteiger partial charge in [0.25, 0.3) is 0 Å². The molecule has 4 aromatic rings. The van der Waals surface area contributed by atoms with Gasteiger partial charge in [-0.1, -0.05) is 11.8 Å². The molecule has 0 unspecified atom stereocenters. The largest absolute Gasteiger partial charge is 0.493 e. The molecule has 0 aliphatic heterocycles. The Bertz CT molecular complexity index is 2030. The molecule has 0 spiro atoms. The second-order valence-corrected chi connectivity index (χ2v) is 12.9. The molecule has 0 radical (unpaired) electrons. The van der Waals surface area contributed by atoms with Gasteiger partial charge in [0.15, 0.2) is 11.5 Å². The summed E-state index contributed by atoms with van der Waals surface area (Å²) in [7, 11) is 3.07. The summed E-state index contributed by atoms with van der Waals surface area (Å²) in [6.07, 6.45) is 5.54. The molecule has 1 fully saturated rings. The maximum atomic E-state index is 13.2. The molecule has 13 heteroatoms. The van der Waals surface area contributed by atoms with Crippen LogP contribution < -0.4 is 31.7 Å². The number of fused-ring (bicyclic) bond motifs is 1. The van der Waals surface area contributed by atoms with Crippen molar-refractivity contribution in [2.45, 2.75) is 70.6 Å².